The SMILES string of the molecule is N#Cc1ccc(OCC(=O)N/N=C2/CCCCC2C2CCCCC2)cc1. The summed E-state index contributed by atoms with van der Waals surface area (Å²) >= 11 is 0. The Bertz CT molecular complexity index is 669. The highest BCUT2D eigenvalue weighted by molar-refractivity contribution is 5.89. The smallest absolute Gasteiger partial charge is 0.277 e. The average Bonchev–Trinajstić information content (AvgIpc) is 2.72. The van der Waals surface area contributed by atoms with Crippen LogP contribution in [0.15, 0.2) is 29.4 Å². The fraction of sp³-hybridized carbons (Fsp3) is 0.571. The molecule has 2 fully saturated rings. The lowest BCUT2D eigenvalue weighted by Crippen LogP contribution is -2.32. The molecular weight excluding hydrogens is 326 g/mol. The van der Waals surface area contributed by atoms with Gasteiger partial charge >= 0.3 is 0 Å². The highest BCUT2D eigenvalue weighted by Gasteiger charge is 2.29. The van der Waals surface area contributed by atoms with Crippen molar-refractivity contribution in [2.24, 2.45) is 16.9 Å². The predicted octanol–water partition coefficient (Wildman–Crippen LogP) is 4.18. The Labute approximate surface area is 155 Å². The molecule has 0 heterocycles. The Morgan fingerprint density at radius 2 is 1.85 bits per heavy atom. The number of hydrazone groups is 1. The van der Waals surface area contributed by atoms with Gasteiger partial charge in [-0.05, 0) is 62.3 Å². The third-order valence-corrected chi connectivity index (χ3v) is 5.52. The van der Waals surface area contributed by atoms with Crippen LogP contribution in [0.1, 0.15) is 63.4 Å². The van der Waals surface area contributed by atoms with Crippen LogP contribution in [-0.4, -0.2) is 18.2 Å². The van der Waals surface area contributed by atoms with Crippen LogP contribution in [0.25, 0.3) is 0 Å². The van der Waals surface area contributed by atoms with E-state index in [9.17, 15) is 4.79 Å². The molecule has 1 atom stereocenters. The molecule has 1 unspecified atom stereocenters. The molecule has 0 saturated heterocycles. The molecule has 26 heavy (non-hydrogen) atoms. The summed E-state index contributed by atoms with van der Waals surface area (Å²) in [5.74, 6) is 1.62. The number of ether oxygens (including phenoxy) is 1. The molecule has 0 spiro atoms. The van der Waals surface area contributed by atoms with Crippen molar-refractivity contribution in [2.45, 2.75) is 57.8 Å². The third kappa shape index (κ3) is 5.08. The van der Waals surface area contributed by atoms with Gasteiger partial charge in [-0.3, -0.25) is 4.79 Å². The number of benzene rings is 1. The molecule has 3 rings (SSSR count). The minimum Gasteiger partial charge on any atom is -0.484 e. The van der Waals surface area contributed by atoms with E-state index in [0.717, 1.165) is 12.3 Å². The average molecular weight is 353 g/mol. The molecule has 5 nitrogen and oxygen atoms in total. The van der Waals surface area contributed by atoms with E-state index < -0.39 is 0 Å². The van der Waals surface area contributed by atoms with Gasteiger partial charge in [0.2, 0.25) is 0 Å². The van der Waals surface area contributed by atoms with Gasteiger partial charge in [0, 0.05) is 11.6 Å². The second kappa shape index (κ2) is 9.38. The molecule has 0 aliphatic heterocycles. The van der Waals surface area contributed by atoms with Crippen LogP contribution in [0.2, 0.25) is 0 Å². The highest BCUT2D eigenvalue weighted by Crippen LogP contribution is 2.36. The van der Waals surface area contributed by atoms with Crippen LogP contribution in [0.5, 0.6) is 5.75 Å². The van der Waals surface area contributed by atoms with Crippen molar-refractivity contribution >= 4 is 11.6 Å². The molecule has 2 aliphatic carbocycles. The van der Waals surface area contributed by atoms with Crippen LogP contribution < -0.4 is 10.2 Å². The van der Waals surface area contributed by atoms with Gasteiger partial charge in [0.05, 0.1) is 11.6 Å². The summed E-state index contributed by atoms with van der Waals surface area (Å²) in [6, 6.07) is 8.78. The van der Waals surface area contributed by atoms with Crippen LogP contribution in [0.4, 0.5) is 0 Å². The molecule has 1 aromatic carbocycles. The molecule has 2 aliphatic rings. The standard InChI is InChI=1S/C21H27N3O2/c22-14-16-10-12-18(13-11-16)26-15-21(25)24-23-20-9-5-4-8-19(20)17-6-2-1-3-7-17/h10-13,17,19H,1-9,15H2,(H,24,25)/b23-20-. The molecule has 1 aromatic rings. The number of nitrogens with zero attached hydrogens (tertiary/aromatic N) is 2. The number of carbonyl (C=O) groups excluding carboxylic acids is 1. The van der Waals surface area contributed by atoms with Crippen LogP contribution >= 0.6 is 0 Å². The van der Waals surface area contributed by atoms with E-state index in [1.165, 1.54) is 57.1 Å². The summed E-state index contributed by atoms with van der Waals surface area (Å²) in [5.41, 5.74) is 4.43. The largest absolute Gasteiger partial charge is 0.484 e. The van der Waals surface area contributed by atoms with Gasteiger partial charge in [-0.2, -0.15) is 10.4 Å². The van der Waals surface area contributed by atoms with E-state index >= 15 is 0 Å². The Balaban J connectivity index is 1.51. The Hall–Kier alpha value is -2.35. The van der Waals surface area contributed by atoms with Gasteiger partial charge in [0.1, 0.15) is 5.75 Å². The summed E-state index contributed by atoms with van der Waals surface area (Å²) in [6.07, 6.45) is 11.3. The summed E-state index contributed by atoms with van der Waals surface area (Å²) < 4.78 is 5.46. The van der Waals surface area contributed by atoms with Gasteiger partial charge in [0.25, 0.3) is 5.91 Å². The first-order chi connectivity index (χ1) is 12.8. The normalized spacial score (nSPS) is 22.6. The van der Waals surface area contributed by atoms with E-state index in [1.54, 1.807) is 24.3 Å². The van der Waals surface area contributed by atoms with Crippen LogP contribution in [0, 0.1) is 23.2 Å². The molecule has 0 bridgehead atoms. The number of nitriles is 1. The molecule has 1 N–H and O–H groups in total. The first-order valence-corrected chi connectivity index (χ1v) is 9.74. The highest BCUT2D eigenvalue weighted by atomic mass is 16.5. The monoisotopic (exact) mass is 353 g/mol. The van der Waals surface area contributed by atoms with Crippen molar-refractivity contribution < 1.29 is 9.53 Å². The van der Waals surface area contributed by atoms with Crippen molar-refractivity contribution in [1.29, 1.82) is 5.26 Å². The van der Waals surface area contributed by atoms with Crippen molar-refractivity contribution in [3.8, 4) is 11.8 Å². The number of nitrogens with one attached hydrogen (secondary N) is 1. The fourth-order valence-electron chi connectivity index (χ4n) is 4.15. The van der Waals surface area contributed by atoms with E-state index in [2.05, 4.69) is 16.6 Å². The minimum absolute atomic E-state index is 0.0726. The van der Waals surface area contributed by atoms with Gasteiger partial charge in [-0.15, -0.1) is 0 Å². The van der Waals surface area contributed by atoms with Crippen LogP contribution in [0.3, 0.4) is 0 Å². The van der Waals surface area contributed by atoms with E-state index in [4.69, 9.17) is 10.00 Å². The molecule has 1 amide bonds. The predicted molar refractivity (Wildman–Crippen MR) is 101 cm³/mol. The number of hydrogen-bond donors (Lipinski definition) is 1. The van der Waals surface area contributed by atoms with Gasteiger partial charge in [0.15, 0.2) is 6.61 Å². The Kier molecular flexibility index (Phi) is 6.65. The molecular formula is C21H27N3O2. The molecule has 5 heteroatoms. The maximum absolute atomic E-state index is 12.1. The van der Waals surface area contributed by atoms with Gasteiger partial charge in [-0.1, -0.05) is 25.7 Å². The lowest BCUT2D eigenvalue weighted by Gasteiger charge is -2.33. The lowest BCUT2D eigenvalue weighted by atomic mass is 9.72. The number of hydrogen-bond acceptors (Lipinski definition) is 4. The second-order valence-corrected chi connectivity index (χ2v) is 7.31. The summed E-state index contributed by atoms with van der Waals surface area (Å²) in [5, 5.41) is 13.3. The lowest BCUT2D eigenvalue weighted by molar-refractivity contribution is -0.123. The van der Waals surface area contributed by atoms with Crippen molar-refractivity contribution in [3.05, 3.63) is 29.8 Å². The minimum atomic E-state index is -0.241. The topological polar surface area (TPSA) is 74.5 Å². The number of amides is 1. The maximum Gasteiger partial charge on any atom is 0.277 e. The zero-order valence-electron chi connectivity index (χ0n) is 15.2. The number of rotatable bonds is 5. The summed E-state index contributed by atoms with van der Waals surface area (Å²) in [6.45, 7) is -0.0726. The molecule has 0 aromatic heterocycles. The first-order valence-electron chi connectivity index (χ1n) is 9.74. The van der Waals surface area contributed by atoms with Gasteiger partial charge in [-0.25, -0.2) is 5.43 Å². The zero-order chi connectivity index (χ0) is 18.2. The van der Waals surface area contributed by atoms with E-state index in [0.29, 0.717) is 17.2 Å². The van der Waals surface area contributed by atoms with Crippen molar-refractivity contribution in [1.82, 2.24) is 5.43 Å². The Morgan fingerprint density at radius 3 is 2.58 bits per heavy atom. The van der Waals surface area contributed by atoms with E-state index in [-0.39, 0.29) is 12.5 Å². The first kappa shape index (κ1) is 18.4. The second-order valence-electron chi connectivity index (χ2n) is 7.31. The summed E-state index contributed by atoms with van der Waals surface area (Å²) in [7, 11) is 0. The molecule has 138 valence electrons. The number of carbonyl (C=O) groups is 1. The third-order valence-electron chi connectivity index (χ3n) is 5.52. The van der Waals surface area contributed by atoms with Crippen molar-refractivity contribution in [2.75, 3.05) is 6.61 Å². The zero-order valence-corrected chi connectivity index (χ0v) is 15.2. The van der Waals surface area contributed by atoms with Crippen molar-refractivity contribution in [3.63, 3.8) is 0 Å². The molecule has 0 radical (unpaired) electrons. The van der Waals surface area contributed by atoms with Gasteiger partial charge < -0.3 is 4.74 Å². The van der Waals surface area contributed by atoms with E-state index in [1.807, 2.05) is 0 Å². The quantitative estimate of drug-likeness (QED) is 0.807. The van der Waals surface area contributed by atoms with Crippen LogP contribution in [-0.2, 0) is 4.79 Å². The Morgan fingerprint density at radius 1 is 1.12 bits per heavy atom. The maximum atomic E-state index is 12.1. The fourth-order valence-corrected chi connectivity index (χ4v) is 4.15. The summed E-state index contributed by atoms with van der Waals surface area (Å²) in [4.78, 5) is 12.1. The molecule has 2 saturated carbocycles.